The molecule has 2 nitrogen and oxygen atoms in total. The summed E-state index contributed by atoms with van der Waals surface area (Å²) < 4.78 is 16.4. The van der Waals surface area contributed by atoms with Crippen LogP contribution in [-0.4, -0.2) is 18.1 Å². The van der Waals surface area contributed by atoms with Crippen molar-refractivity contribution in [1.82, 2.24) is 0 Å². The van der Waals surface area contributed by atoms with Crippen molar-refractivity contribution >= 4 is 28.5 Å². The van der Waals surface area contributed by atoms with E-state index in [9.17, 15) is 4.57 Å². The van der Waals surface area contributed by atoms with Gasteiger partial charge < -0.3 is 4.52 Å². The molecule has 0 aromatic carbocycles. The van der Waals surface area contributed by atoms with Crippen LogP contribution in [0.5, 0.6) is 0 Å². The van der Waals surface area contributed by atoms with E-state index in [-0.39, 0.29) is 5.25 Å². The Hall–Kier alpha value is 0.450. The molecule has 0 N–H and O–H groups in total. The lowest BCUT2D eigenvalue weighted by Crippen LogP contribution is -1.96. The van der Waals surface area contributed by atoms with E-state index in [2.05, 4.69) is 5.92 Å². The highest BCUT2D eigenvalue weighted by molar-refractivity contribution is 8.89. The van der Waals surface area contributed by atoms with Crippen LogP contribution >= 0.6 is 28.5 Å². The highest BCUT2D eigenvalue weighted by atomic mass is 33.1. The average molecular weight is 194 g/mol. The summed E-state index contributed by atoms with van der Waals surface area (Å²) in [5.74, 6) is 0.0731. The smallest absolute Gasteiger partial charge is 0.311 e. The van der Waals surface area contributed by atoms with E-state index in [4.69, 9.17) is 10.9 Å². The first kappa shape index (κ1) is 8.55. The Bertz CT molecular complexity index is 210. The van der Waals surface area contributed by atoms with Gasteiger partial charge in [0.05, 0.1) is 11.9 Å². The zero-order valence-electron chi connectivity index (χ0n) is 5.44. The predicted molar refractivity (Wildman–Crippen MR) is 47.3 cm³/mol. The Kier molecular flexibility index (Phi) is 2.76. The van der Waals surface area contributed by atoms with Crippen molar-refractivity contribution in [2.24, 2.45) is 0 Å². The molecule has 10 heavy (non-hydrogen) atoms. The van der Waals surface area contributed by atoms with Crippen LogP contribution in [0.15, 0.2) is 0 Å². The van der Waals surface area contributed by atoms with Crippen molar-refractivity contribution < 1.29 is 9.09 Å². The van der Waals surface area contributed by atoms with Crippen LogP contribution in [-0.2, 0) is 9.09 Å². The molecule has 56 valence electrons. The third-order valence-electron chi connectivity index (χ3n) is 1.05. The van der Waals surface area contributed by atoms with E-state index in [0.29, 0.717) is 6.61 Å². The number of hydrogen-bond donors (Lipinski definition) is 0. The maximum atomic E-state index is 11.4. The second-order valence-corrected chi connectivity index (χ2v) is 9.29. The minimum Gasteiger partial charge on any atom is -0.311 e. The molecule has 0 bridgehead atoms. The Morgan fingerprint density at radius 3 is 3.00 bits per heavy atom. The molecule has 1 heterocycles. The molecule has 0 radical (unpaired) electrons. The fraction of sp³-hybridized carbons (Fsp3) is 0.600. The molecular formula is C5H7O2PS2. The largest absolute Gasteiger partial charge is 0.314 e. The monoisotopic (exact) mass is 194 g/mol. The van der Waals surface area contributed by atoms with Gasteiger partial charge in [0.25, 0.3) is 0 Å². The minimum absolute atomic E-state index is 0.0155. The maximum absolute atomic E-state index is 11.4. The Morgan fingerprint density at radius 2 is 2.70 bits per heavy atom. The summed E-state index contributed by atoms with van der Waals surface area (Å²) in [7, 11) is 0. The lowest BCUT2D eigenvalue weighted by molar-refractivity contribution is 0.359. The van der Waals surface area contributed by atoms with Crippen LogP contribution < -0.4 is 0 Å². The Balaban J connectivity index is 2.60. The summed E-state index contributed by atoms with van der Waals surface area (Å²) in [6, 6.07) is 0. The third kappa shape index (κ3) is 1.73. The molecule has 1 rings (SSSR count). The molecule has 1 aliphatic rings. The highest BCUT2D eigenvalue weighted by Crippen LogP contribution is 2.73. The van der Waals surface area contributed by atoms with Gasteiger partial charge in [-0.2, -0.15) is 0 Å². The van der Waals surface area contributed by atoms with Crippen molar-refractivity contribution in [2.75, 3.05) is 12.9 Å². The van der Waals surface area contributed by atoms with Gasteiger partial charge in [-0.05, 0) is 17.6 Å². The summed E-state index contributed by atoms with van der Waals surface area (Å²) in [6.07, 6.45) is 6.90. The van der Waals surface area contributed by atoms with Crippen LogP contribution in [0.25, 0.3) is 0 Å². The summed E-state index contributed by atoms with van der Waals surface area (Å²) in [5, 5.41) is -0.0155. The van der Waals surface area contributed by atoms with Gasteiger partial charge in [0.1, 0.15) is 0 Å². The van der Waals surface area contributed by atoms with E-state index in [1.54, 1.807) is 6.26 Å². The fourth-order valence-corrected chi connectivity index (χ4v) is 5.87. The Morgan fingerprint density at radius 1 is 2.00 bits per heavy atom. The molecule has 0 aliphatic carbocycles. The predicted octanol–water partition coefficient (Wildman–Crippen LogP) is 2.22. The zero-order valence-corrected chi connectivity index (χ0v) is 7.97. The molecule has 0 aromatic rings. The summed E-state index contributed by atoms with van der Waals surface area (Å²) >= 11 is 2.53. The average Bonchev–Trinajstić information content (AvgIpc) is 2.33. The molecule has 2 atom stereocenters. The fourth-order valence-electron chi connectivity index (χ4n) is 0.550. The van der Waals surface area contributed by atoms with Crippen molar-refractivity contribution in [3.63, 3.8) is 0 Å². The zero-order chi connectivity index (χ0) is 7.61. The van der Waals surface area contributed by atoms with Crippen molar-refractivity contribution in [2.45, 2.75) is 5.25 Å². The normalized spacial score (nSPS) is 39.4. The quantitative estimate of drug-likeness (QED) is 0.472. The van der Waals surface area contributed by atoms with Crippen LogP contribution in [0, 0.1) is 12.3 Å². The van der Waals surface area contributed by atoms with Gasteiger partial charge >= 0.3 is 5.77 Å². The Labute approximate surface area is 68.4 Å². The first-order valence-electron chi connectivity index (χ1n) is 2.65. The van der Waals surface area contributed by atoms with Gasteiger partial charge in [-0.15, -0.1) is 6.42 Å². The van der Waals surface area contributed by atoms with E-state index in [1.807, 2.05) is 0 Å². The number of terminal acetylenes is 1. The standard InChI is InChI=1S/C5H7O2PS2/c1-3-5-4-7-8(6,9-2)10-5/h1,5H,4H2,2H3. The number of hydrogen-bond acceptors (Lipinski definition) is 4. The van der Waals surface area contributed by atoms with Crippen molar-refractivity contribution in [1.29, 1.82) is 0 Å². The van der Waals surface area contributed by atoms with E-state index in [1.165, 1.54) is 22.8 Å². The molecular weight excluding hydrogens is 187 g/mol. The lowest BCUT2D eigenvalue weighted by atomic mass is 10.5. The van der Waals surface area contributed by atoms with Gasteiger partial charge in [-0.1, -0.05) is 17.3 Å². The van der Waals surface area contributed by atoms with Gasteiger partial charge in [0.2, 0.25) is 0 Å². The first-order chi connectivity index (χ1) is 4.70. The van der Waals surface area contributed by atoms with Crippen molar-refractivity contribution in [3.8, 4) is 12.3 Å². The summed E-state index contributed by atoms with van der Waals surface area (Å²) in [6.45, 7) is 0.430. The molecule has 0 saturated carbocycles. The first-order valence-corrected chi connectivity index (χ1v) is 7.59. The molecule has 0 amide bonds. The topological polar surface area (TPSA) is 26.3 Å². The van der Waals surface area contributed by atoms with E-state index in [0.717, 1.165) is 0 Å². The SMILES string of the molecule is C#CC1COP(=O)(SC)S1. The molecule has 0 spiro atoms. The molecule has 0 aromatic heterocycles. The molecule has 5 heteroatoms. The molecule has 2 unspecified atom stereocenters. The third-order valence-corrected chi connectivity index (χ3v) is 8.38. The summed E-state index contributed by atoms with van der Waals surface area (Å²) in [5.41, 5.74) is 0. The van der Waals surface area contributed by atoms with Gasteiger partial charge in [0, 0.05) is 0 Å². The second-order valence-electron chi connectivity index (χ2n) is 1.69. The van der Waals surface area contributed by atoms with Gasteiger partial charge in [-0.25, -0.2) is 0 Å². The second kappa shape index (κ2) is 3.23. The lowest BCUT2D eigenvalue weighted by Gasteiger charge is -2.01. The highest BCUT2D eigenvalue weighted by Gasteiger charge is 2.34. The van der Waals surface area contributed by atoms with E-state index >= 15 is 0 Å². The minimum atomic E-state index is -2.43. The van der Waals surface area contributed by atoms with Crippen LogP contribution in [0.1, 0.15) is 0 Å². The summed E-state index contributed by atoms with van der Waals surface area (Å²) in [4.78, 5) is 0. The van der Waals surface area contributed by atoms with Crippen LogP contribution in [0.3, 0.4) is 0 Å². The van der Waals surface area contributed by atoms with E-state index < -0.39 is 5.77 Å². The number of rotatable bonds is 1. The van der Waals surface area contributed by atoms with Crippen LogP contribution in [0.2, 0.25) is 0 Å². The molecule has 1 saturated heterocycles. The van der Waals surface area contributed by atoms with Gasteiger partial charge in [-0.3, -0.25) is 4.57 Å². The molecule has 1 fully saturated rings. The maximum Gasteiger partial charge on any atom is 0.314 e. The van der Waals surface area contributed by atoms with Gasteiger partial charge in [0.15, 0.2) is 0 Å². The molecule has 1 aliphatic heterocycles. The van der Waals surface area contributed by atoms with Crippen molar-refractivity contribution in [3.05, 3.63) is 0 Å². The van der Waals surface area contributed by atoms with Crippen LogP contribution in [0.4, 0.5) is 0 Å².